The van der Waals surface area contributed by atoms with Gasteiger partial charge in [0, 0.05) is 17.8 Å². The van der Waals surface area contributed by atoms with Gasteiger partial charge in [-0.15, -0.1) is 11.3 Å². The van der Waals surface area contributed by atoms with Crippen LogP contribution in [-0.2, 0) is 16.0 Å². The molecule has 0 amide bonds. The minimum atomic E-state index is -0.129. The molecule has 3 nitrogen and oxygen atoms in total. The van der Waals surface area contributed by atoms with E-state index >= 15 is 0 Å². The van der Waals surface area contributed by atoms with E-state index in [4.69, 9.17) is 4.74 Å². The molecule has 0 fully saturated rings. The summed E-state index contributed by atoms with van der Waals surface area (Å²) >= 11 is 1.69. The van der Waals surface area contributed by atoms with Crippen molar-refractivity contribution in [3.05, 3.63) is 22.4 Å². The van der Waals surface area contributed by atoms with Crippen molar-refractivity contribution in [1.82, 2.24) is 5.32 Å². The average molecular weight is 213 g/mol. The molecule has 1 heterocycles. The van der Waals surface area contributed by atoms with Crippen molar-refractivity contribution in [2.75, 3.05) is 20.2 Å². The summed E-state index contributed by atoms with van der Waals surface area (Å²) < 4.78 is 5.05. The number of hydrogen-bond donors (Lipinski definition) is 1. The topological polar surface area (TPSA) is 38.3 Å². The van der Waals surface area contributed by atoms with Gasteiger partial charge in [-0.2, -0.15) is 0 Å². The number of carbonyl (C=O) groups excluding carboxylic acids is 1. The molecule has 0 aliphatic heterocycles. The van der Waals surface area contributed by atoms with Crippen LogP contribution in [0.4, 0.5) is 0 Å². The predicted octanol–water partition coefficient (Wildman–Crippen LogP) is 1.44. The van der Waals surface area contributed by atoms with Gasteiger partial charge in [0.2, 0.25) is 0 Å². The van der Waals surface area contributed by atoms with Crippen LogP contribution in [0.2, 0.25) is 0 Å². The second-order valence-electron chi connectivity index (χ2n) is 2.90. The van der Waals surface area contributed by atoms with Crippen LogP contribution >= 0.6 is 11.3 Å². The van der Waals surface area contributed by atoms with E-state index in [2.05, 4.69) is 5.32 Å². The summed E-state index contributed by atoms with van der Waals surface area (Å²) in [5.74, 6) is -0.129. The Balaban J connectivity index is 2.06. The minimum Gasteiger partial charge on any atom is -0.465 e. The van der Waals surface area contributed by atoms with E-state index in [0.29, 0.717) is 19.6 Å². The molecule has 0 saturated heterocycles. The monoisotopic (exact) mass is 213 g/mol. The van der Waals surface area contributed by atoms with E-state index in [1.165, 1.54) is 4.88 Å². The Kier molecular flexibility index (Phi) is 5.25. The molecule has 4 heteroatoms. The highest BCUT2D eigenvalue weighted by molar-refractivity contribution is 7.09. The molecule has 0 spiro atoms. The molecule has 0 unspecified atom stereocenters. The van der Waals surface area contributed by atoms with Gasteiger partial charge in [-0.25, -0.2) is 0 Å². The Hall–Kier alpha value is -0.870. The standard InChI is InChI=1S/C10H15NO2S/c1-11-6-4-10(12)13-7-5-9-3-2-8-14-9/h2-3,8,11H,4-7H2,1H3. The molecule has 0 aliphatic rings. The average Bonchev–Trinajstić information content (AvgIpc) is 2.67. The van der Waals surface area contributed by atoms with E-state index in [1.54, 1.807) is 11.3 Å². The Labute approximate surface area is 88.1 Å². The maximum atomic E-state index is 11.1. The van der Waals surface area contributed by atoms with Crippen LogP contribution < -0.4 is 5.32 Å². The number of ether oxygens (including phenoxy) is 1. The van der Waals surface area contributed by atoms with Crippen molar-refractivity contribution >= 4 is 17.3 Å². The summed E-state index contributed by atoms with van der Waals surface area (Å²) in [5, 5.41) is 4.93. The van der Waals surface area contributed by atoms with Crippen molar-refractivity contribution in [2.45, 2.75) is 12.8 Å². The number of carbonyl (C=O) groups is 1. The fourth-order valence-corrected chi connectivity index (χ4v) is 1.71. The summed E-state index contributed by atoms with van der Waals surface area (Å²) in [7, 11) is 1.82. The molecular formula is C10H15NO2S. The third-order valence-corrected chi connectivity index (χ3v) is 2.71. The van der Waals surface area contributed by atoms with Gasteiger partial charge in [0.25, 0.3) is 0 Å². The highest BCUT2D eigenvalue weighted by Gasteiger charge is 2.01. The zero-order chi connectivity index (χ0) is 10.2. The van der Waals surface area contributed by atoms with E-state index < -0.39 is 0 Å². The second kappa shape index (κ2) is 6.56. The molecule has 0 bridgehead atoms. The molecule has 14 heavy (non-hydrogen) atoms. The zero-order valence-electron chi connectivity index (χ0n) is 8.29. The Bertz CT molecular complexity index is 259. The maximum absolute atomic E-state index is 11.1. The Morgan fingerprint density at radius 2 is 2.50 bits per heavy atom. The zero-order valence-corrected chi connectivity index (χ0v) is 9.10. The summed E-state index contributed by atoms with van der Waals surface area (Å²) in [5.41, 5.74) is 0. The molecule has 1 rings (SSSR count). The van der Waals surface area contributed by atoms with Gasteiger partial charge < -0.3 is 10.1 Å². The van der Waals surface area contributed by atoms with Crippen molar-refractivity contribution in [2.24, 2.45) is 0 Å². The first kappa shape index (κ1) is 11.2. The van der Waals surface area contributed by atoms with Crippen molar-refractivity contribution in [3.63, 3.8) is 0 Å². The van der Waals surface area contributed by atoms with Gasteiger partial charge in [0.15, 0.2) is 0 Å². The third kappa shape index (κ3) is 4.39. The smallest absolute Gasteiger partial charge is 0.307 e. The minimum absolute atomic E-state index is 0.129. The van der Waals surface area contributed by atoms with E-state index in [0.717, 1.165) is 6.42 Å². The van der Waals surface area contributed by atoms with Crippen molar-refractivity contribution in [1.29, 1.82) is 0 Å². The molecule has 0 radical (unpaired) electrons. The lowest BCUT2D eigenvalue weighted by molar-refractivity contribution is -0.143. The molecular weight excluding hydrogens is 198 g/mol. The van der Waals surface area contributed by atoms with Gasteiger partial charge in [-0.1, -0.05) is 6.07 Å². The van der Waals surface area contributed by atoms with Gasteiger partial charge in [-0.05, 0) is 18.5 Å². The number of esters is 1. The fourth-order valence-electron chi connectivity index (χ4n) is 1.02. The Morgan fingerprint density at radius 1 is 1.64 bits per heavy atom. The van der Waals surface area contributed by atoms with Crippen LogP contribution in [0.15, 0.2) is 17.5 Å². The molecule has 1 aromatic rings. The molecule has 78 valence electrons. The second-order valence-corrected chi connectivity index (χ2v) is 3.94. The quantitative estimate of drug-likeness (QED) is 0.727. The summed E-state index contributed by atoms with van der Waals surface area (Å²) in [6.45, 7) is 1.17. The maximum Gasteiger partial charge on any atom is 0.307 e. The van der Waals surface area contributed by atoms with Gasteiger partial charge in [0.1, 0.15) is 0 Å². The highest BCUT2D eigenvalue weighted by atomic mass is 32.1. The lowest BCUT2D eigenvalue weighted by Gasteiger charge is -2.02. The van der Waals surface area contributed by atoms with E-state index in [-0.39, 0.29) is 5.97 Å². The van der Waals surface area contributed by atoms with Crippen LogP contribution in [0.25, 0.3) is 0 Å². The first-order valence-corrected chi connectivity index (χ1v) is 5.53. The fraction of sp³-hybridized carbons (Fsp3) is 0.500. The lowest BCUT2D eigenvalue weighted by Crippen LogP contribution is -2.15. The molecule has 0 aromatic carbocycles. The number of nitrogens with one attached hydrogen (secondary N) is 1. The van der Waals surface area contributed by atoms with Gasteiger partial charge in [-0.3, -0.25) is 4.79 Å². The van der Waals surface area contributed by atoms with Crippen molar-refractivity contribution < 1.29 is 9.53 Å². The largest absolute Gasteiger partial charge is 0.465 e. The van der Waals surface area contributed by atoms with Crippen LogP contribution in [-0.4, -0.2) is 26.2 Å². The van der Waals surface area contributed by atoms with Gasteiger partial charge in [0.05, 0.1) is 13.0 Å². The van der Waals surface area contributed by atoms with E-state index in [1.807, 2.05) is 24.6 Å². The van der Waals surface area contributed by atoms with Crippen LogP contribution in [0, 0.1) is 0 Å². The predicted molar refractivity (Wildman–Crippen MR) is 57.5 cm³/mol. The normalized spacial score (nSPS) is 10.1. The highest BCUT2D eigenvalue weighted by Crippen LogP contribution is 2.08. The molecule has 0 aliphatic carbocycles. The summed E-state index contributed by atoms with van der Waals surface area (Å²) in [6.07, 6.45) is 1.27. The van der Waals surface area contributed by atoms with E-state index in [9.17, 15) is 4.79 Å². The summed E-state index contributed by atoms with van der Waals surface area (Å²) in [4.78, 5) is 12.3. The van der Waals surface area contributed by atoms with Crippen LogP contribution in [0.3, 0.4) is 0 Å². The first-order chi connectivity index (χ1) is 6.83. The van der Waals surface area contributed by atoms with Gasteiger partial charge >= 0.3 is 5.97 Å². The third-order valence-electron chi connectivity index (χ3n) is 1.77. The molecule has 0 saturated carbocycles. The number of thiophene rings is 1. The molecule has 1 N–H and O–H groups in total. The SMILES string of the molecule is CNCCC(=O)OCCc1cccs1. The Morgan fingerprint density at radius 3 is 3.14 bits per heavy atom. The number of rotatable bonds is 6. The van der Waals surface area contributed by atoms with Crippen LogP contribution in [0.5, 0.6) is 0 Å². The van der Waals surface area contributed by atoms with Crippen LogP contribution in [0.1, 0.15) is 11.3 Å². The lowest BCUT2D eigenvalue weighted by atomic mass is 10.3. The summed E-state index contributed by atoms with van der Waals surface area (Å²) in [6, 6.07) is 4.05. The molecule has 1 aromatic heterocycles. The molecule has 0 atom stereocenters. The van der Waals surface area contributed by atoms with Crippen molar-refractivity contribution in [3.8, 4) is 0 Å². The number of hydrogen-bond acceptors (Lipinski definition) is 4. The first-order valence-electron chi connectivity index (χ1n) is 4.65.